The Bertz CT molecular complexity index is 923. The van der Waals surface area contributed by atoms with Crippen molar-refractivity contribution in [3.8, 4) is 0 Å². The number of rotatable bonds is 12. The van der Waals surface area contributed by atoms with Gasteiger partial charge in [-0.25, -0.2) is 0 Å². The maximum atomic E-state index is 11.3. The Kier molecular flexibility index (Phi) is 14.1. The zero-order chi connectivity index (χ0) is 34.8. The van der Waals surface area contributed by atoms with Crippen LogP contribution in [0.3, 0.4) is 0 Å². The molecule has 0 amide bonds. The summed E-state index contributed by atoms with van der Waals surface area (Å²) < 4.78 is 34.0. The summed E-state index contributed by atoms with van der Waals surface area (Å²) in [5.41, 5.74) is -0.490. The van der Waals surface area contributed by atoms with E-state index in [9.17, 15) is 61.3 Å². The highest BCUT2D eigenvalue weighted by Crippen LogP contribution is 2.34. The van der Waals surface area contributed by atoms with Crippen LogP contribution in [0.25, 0.3) is 0 Å². The van der Waals surface area contributed by atoms with Gasteiger partial charge >= 0.3 is 0 Å². The Morgan fingerprint density at radius 1 is 0.609 bits per heavy atom. The van der Waals surface area contributed by atoms with Crippen molar-refractivity contribution < 1.29 is 89.7 Å². The predicted octanol–water partition coefficient (Wildman–Crippen LogP) is -5.61. The molecule has 3 heterocycles. The molecule has 0 radical (unpaired) electrons. The van der Waals surface area contributed by atoms with E-state index in [4.69, 9.17) is 28.4 Å². The van der Waals surface area contributed by atoms with Crippen molar-refractivity contribution >= 4 is 0 Å². The maximum absolute atomic E-state index is 11.3. The van der Waals surface area contributed by atoms with Gasteiger partial charge in [0.1, 0.15) is 79.4 Å². The van der Waals surface area contributed by atoms with E-state index in [1.165, 1.54) is 13.8 Å². The molecule has 3 saturated heterocycles. The van der Waals surface area contributed by atoms with Crippen LogP contribution in [0, 0.1) is 5.41 Å². The first kappa shape index (κ1) is 39.7. The minimum Gasteiger partial charge on any atom is -0.394 e. The van der Waals surface area contributed by atoms with Crippen LogP contribution in [0.15, 0.2) is 0 Å². The third kappa shape index (κ3) is 9.09. The van der Waals surface area contributed by atoms with Gasteiger partial charge in [0, 0.05) is 0 Å². The molecule has 0 aromatic heterocycles. The number of aliphatic hydroxyl groups is 12. The SMILES string of the molecule is C[C@@H]1O[C@H](O[C@H]2[C@H](OC3[C@H](O)[C@@H](O[C@@H]([C@H](O)[C@H](O)CO)[C@@H](O)CC(C)(C)C)O[C@@H](C)[C@H]3O)O[C@H](CO)[C@@H](O)[C@@H]2O)[C@@H](O)[C@H](O)[C@@H]1O. The molecule has 0 aliphatic carbocycles. The summed E-state index contributed by atoms with van der Waals surface area (Å²) in [5, 5.41) is 125. The summed E-state index contributed by atoms with van der Waals surface area (Å²) >= 11 is 0. The van der Waals surface area contributed by atoms with Gasteiger partial charge in [-0.3, -0.25) is 0 Å². The average Bonchev–Trinajstić information content (AvgIpc) is 2.99. The van der Waals surface area contributed by atoms with Crippen LogP contribution in [-0.2, 0) is 28.4 Å². The zero-order valence-electron chi connectivity index (χ0n) is 26.4. The van der Waals surface area contributed by atoms with E-state index in [2.05, 4.69) is 0 Å². The second-order valence-electron chi connectivity index (χ2n) is 13.5. The topological polar surface area (TPSA) is 298 Å². The van der Waals surface area contributed by atoms with Gasteiger partial charge in [-0.1, -0.05) is 20.8 Å². The zero-order valence-corrected chi connectivity index (χ0v) is 26.4. The Morgan fingerprint density at radius 3 is 1.74 bits per heavy atom. The minimum atomic E-state index is -1.91. The lowest BCUT2D eigenvalue weighted by molar-refractivity contribution is -0.389. The monoisotopic (exact) mass is 676 g/mol. The highest BCUT2D eigenvalue weighted by Gasteiger charge is 2.54. The van der Waals surface area contributed by atoms with E-state index in [1.54, 1.807) is 20.8 Å². The molecule has 1 unspecified atom stereocenters. The summed E-state index contributed by atoms with van der Waals surface area (Å²) in [5.74, 6) is 0. The molecule has 12 N–H and O–H groups in total. The van der Waals surface area contributed by atoms with Gasteiger partial charge in [-0.05, 0) is 25.7 Å². The number of hydrogen-bond donors (Lipinski definition) is 12. The van der Waals surface area contributed by atoms with Crippen molar-refractivity contribution in [2.45, 2.75) is 158 Å². The Morgan fingerprint density at radius 2 is 1.17 bits per heavy atom. The van der Waals surface area contributed by atoms with Crippen LogP contribution in [-0.4, -0.2) is 191 Å². The fourth-order valence-electron chi connectivity index (χ4n) is 5.64. The van der Waals surface area contributed by atoms with Crippen LogP contribution >= 0.6 is 0 Å². The quantitative estimate of drug-likeness (QED) is 0.0917. The van der Waals surface area contributed by atoms with Crippen molar-refractivity contribution in [3.63, 3.8) is 0 Å². The van der Waals surface area contributed by atoms with Gasteiger partial charge in [-0.2, -0.15) is 0 Å². The van der Waals surface area contributed by atoms with Gasteiger partial charge in [0.25, 0.3) is 0 Å². The molecule has 3 fully saturated rings. The van der Waals surface area contributed by atoms with Crippen LogP contribution < -0.4 is 0 Å². The second kappa shape index (κ2) is 16.3. The highest BCUT2D eigenvalue weighted by molar-refractivity contribution is 4.96. The molecule has 3 rings (SSSR count). The van der Waals surface area contributed by atoms with Crippen molar-refractivity contribution in [3.05, 3.63) is 0 Å². The number of ether oxygens (including phenoxy) is 6. The number of hydrogen-bond acceptors (Lipinski definition) is 18. The molecule has 0 bridgehead atoms. The molecular weight excluding hydrogens is 624 g/mol. The maximum Gasteiger partial charge on any atom is 0.187 e. The molecule has 18 heteroatoms. The van der Waals surface area contributed by atoms with Crippen LogP contribution in [0.5, 0.6) is 0 Å². The molecule has 46 heavy (non-hydrogen) atoms. The molecule has 3 aliphatic rings. The highest BCUT2D eigenvalue weighted by atomic mass is 16.8. The molecule has 0 aromatic rings. The largest absolute Gasteiger partial charge is 0.394 e. The first-order chi connectivity index (χ1) is 21.3. The fourth-order valence-corrected chi connectivity index (χ4v) is 5.64. The lowest BCUT2D eigenvalue weighted by Crippen LogP contribution is -2.66. The predicted molar refractivity (Wildman–Crippen MR) is 150 cm³/mol. The lowest BCUT2D eigenvalue weighted by atomic mass is 9.85. The summed E-state index contributed by atoms with van der Waals surface area (Å²) in [4.78, 5) is 0. The van der Waals surface area contributed by atoms with Crippen molar-refractivity contribution in [1.82, 2.24) is 0 Å². The van der Waals surface area contributed by atoms with Crippen molar-refractivity contribution in [2.75, 3.05) is 13.2 Å². The average molecular weight is 677 g/mol. The van der Waals surface area contributed by atoms with Crippen LogP contribution in [0.4, 0.5) is 0 Å². The summed E-state index contributed by atoms with van der Waals surface area (Å²) in [7, 11) is 0. The smallest absolute Gasteiger partial charge is 0.187 e. The van der Waals surface area contributed by atoms with E-state index in [0.29, 0.717) is 0 Å². The molecular formula is C28H52O18. The molecule has 19 atom stereocenters. The van der Waals surface area contributed by atoms with Gasteiger partial charge < -0.3 is 89.7 Å². The summed E-state index contributed by atoms with van der Waals surface area (Å²) in [6, 6.07) is 0. The molecule has 0 saturated carbocycles. The van der Waals surface area contributed by atoms with Gasteiger partial charge in [0.05, 0.1) is 31.5 Å². The van der Waals surface area contributed by atoms with Crippen molar-refractivity contribution in [1.29, 1.82) is 0 Å². The normalized spacial score (nSPS) is 45.2. The fraction of sp³-hybridized carbons (Fsp3) is 1.00. The molecule has 18 nitrogen and oxygen atoms in total. The van der Waals surface area contributed by atoms with E-state index in [0.717, 1.165) is 0 Å². The first-order valence-electron chi connectivity index (χ1n) is 15.3. The van der Waals surface area contributed by atoms with Crippen LogP contribution in [0.1, 0.15) is 41.0 Å². The summed E-state index contributed by atoms with van der Waals surface area (Å²) in [6.45, 7) is 6.46. The Hall–Kier alpha value is -0.720. The molecule has 3 aliphatic heterocycles. The van der Waals surface area contributed by atoms with Gasteiger partial charge in [0.15, 0.2) is 18.9 Å². The van der Waals surface area contributed by atoms with E-state index in [-0.39, 0.29) is 6.42 Å². The third-order valence-corrected chi connectivity index (χ3v) is 8.41. The van der Waals surface area contributed by atoms with E-state index >= 15 is 0 Å². The van der Waals surface area contributed by atoms with Gasteiger partial charge in [0.2, 0.25) is 0 Å². The first-order valence-corrected chi connectivity index (χ1v) is 15.3. The van der Waals surface area contributed by atoms with E-state index in [1.807, 2.05) is 0 Å². The van der Waals surface area contributed by atoms with E-state index < -0.39 is 135 Å². The Balaban J connectivity index is 1.88. The van der Waals surface area contributed by atoms with Crippen molar-refractivity contribution in [2.24, 2.45) is 5.41 Å². The third-order valence-electron chi connectivity index (χ3n) is 8.41. The van der Waals surface area contributed by atoms with Crippen LogP contribution in [0.2, 0.25) is 0 Å². The van der Waals surface area contributed by atoms with Gasteiger partial charge in [-0.15, -0.1) is 0 Å². The number of aliphatic hydroxyl groups excluding tert-OH is 12. The minimum absolute atomic E-state index is 0.0466. The molecule has 0 aromatic carbocycles. The second-order valence-corrected chi connectivity index (χ2v) is 13.5. The molecule has 272 valence electrons. The Labute approximate surface area is 266 Å². The summed E-state index contributed by atoms with van der Waals surface area (Å²) in [6.07, 6.45) is -31.1. The lowest BCUT2D eigenvalue weighted by Gasteiger charge is -2.48. The standard InChI is InChI=1S/C28H52O18/c1-9-14(33)18(37)20(39)25(41-9)46-24-19(38)17(36)13(8-30)43-27(24)45-23-15(34)10(2)42-26(21(23)40)44-22(16(35)12(32)7-29)11(31)6-28(3,4)5/h9-27,29-40H,6-8H2,1-5H3/t9-,10-,11-,12+,13+,14+,15+,16+,17+,18+,19-,20-,21-,22+,23?,24+,25+,26+,27-/m0/s1. The molecule has 0 spiro atoms.